The first-order chi connectivity index (χ1) is 4.98. The molecule has 0 heterocycles. The van der Waals surface area contributed by atoms with Gasteiger partial charge in [-0.25, -0.2) is 0 Å². The van der Waals surface area contributed by atoms with Gasteiger partial charge in [0.1, 0.15) is 0 Å². The molecule has 0 saturated heterocycles. The monoisotopic (exact) mass is 192 g/mol. The van der Waals surface area contributed by atoms with Gasteiger partial charge >= 0.3 is 0 Å². The van der Waals surface area contributed by atoms with Crippen molar-refractivity contribution in [2.45, 2.75) is 38.4 Å². The first-order valence-corrected chi connectivity index (χ1v) is 5.82. The molecule has 2 nitrogen and oxygen atoms in total. The Labute approximate surface area is 76.6 Å². The average Bonchev–Trinajstić information content (AvgIpc) is 1.84. The molecule has 66 valence electrons. The largest absolute Gasteiger partial charge is 0.378 e. The molecule has 0 rings (SSSR count). The van der Waals surface area contributed by atoms with Crippen LogP contribution >= 0.6 is 21.6 Å². The molecule has 0 aliphatic heterocycles. The second-order valence-electron chi connectivity index (χ2n) is 3.04. The molecule has 0 aromatic rings. The molecule has 11 heavy (non-hydrogen) atoms. The van der Waals surface area contributed by atoms with E-state index in [1.165, 1.54) is 17.2 Å². The molecule has 0 bridgehead atoms. The topological polar surface area (TPSA) is 49.9 Å². The summed E-state index contributed by atoms with van der Waals surface area (Å²) in [5, 5.41) is 7.22. The molecule has 0 aromatic carbocycles. The number of rotatable bonds is 4. The van der Waals surface area contributed by atoms with Crippen molar-refractivity contribution in [2.24, 2.45) is 5.73 Å². The molecule has 4 heteroatoms. The van der Waals surface area contributed by atoms with E-state index in [0.717, 1.165) is 6.42 Å². The van der Waals surface area contributed by atoms with Gasteiger partial charge in [-0.2, -0.15) is 0 Å². The molecular weight excluding hydrogens is 176 g/mol. The summed E-state index contributed by atoms with van der Waals surface area (Å²) in [5.74, 6) is 0. The highest BCUT2D eigenvalue weighted by atomic mass is 33.1. The van der Waals surface area contributed by atoms with Crippen LogP contribution in [0.5, 0.6) is 0 Å². The number of nitrogens with one attached hydrogen (secondary N) is 1. The summed E-state index contributed by atoms with van der Waals surface area (Å²) >= 11 is 0. The minimum Gasteiger partial charge on any atom is -0.378 e. The number of hydrogen-bond acceptors (Lipinski definition) is 3. The van der Waals surface area contributed by atoms with Crippen LogP contribution in [-0.4, -0.2) is 9.91 Å². The summed E-state index contributed by atoms with van der Waals surface area (Å²) in [6.45, 7) is 6.52. The molecule has 0 atom stereocenters. The van der Waals surface area contributed by atoms with Gasteiger partial charge in [-0.3, -0.25) is 5.41 Å². The Morgan fingerprint density at radius 1 is 1.55 bits per heavy atom. The lowest BCUT2D eigenvalue weighted by Crippen LogP contribution is -2.14. The fourth-order valence-electron chi connectivity index (χ4n) is 0.801. The molecule has 0 saturated carbocycles. The van der Waals surface area contributed by atoms with Crippen molar-refractivity contribution in [1.82, 2.24) is 0 Å². The Morgan fingerprint density at radius 3 is 2.45 bits per heavy atom. The molecule has 0 amide bonds. The van der Waals surface area contributed by atoms with Crippen LogP contribution in [-0.2, 0) is 0 Å². The van der Waals surface area contributed by atoms with Crippen molar-refractivity contribution in [2.75, 3.05) is 0 Å². The van der Waals surface area contributed by atoms with E-state index in [1.54, 1.807) is 10.8 Å². The minimum atomic E-state index is 0.194. The molecule has 0 aromatic heterocycles. The van der Waals surface area contributed by atoms with E-state index in [1.807, 2.05) is 0 Å². The van der Waals surface area contributed by atoms with E-state index in [9.17, 15) is 0 Å². The predicted molar refractivity (Wildman–Crippen MR) is 56.1 cm³/mol. The highest BCUT2D eigenvalue weighted by molar-refractivity contribution is 8.82. The van der Waals surface area contributed by atoms with Crippen molar-refractivity contribution in [3.63, 3.8) is 0 Å². The first kappa shape index (κ1) is 11.2. The summed E-state index contributed by atoms with van der Waals surface area (Å²) in [5.41, 5.74) is 5.22. The van der Waals surface area contributed by atoms with Gasteiger partial charge in [-0.05, 0) is 31.1 Å². The Morgan fingerprint density at radius 2 is 2.09 bits per heavy atom. The molecule has 0 aliphatic rings. The summed E-state index contributed by atoms with van der Waals surface area (Å²) in [6, 6.07) is 0. The van der Waals surface area contributed by atoms with Gasteiger partial charge in [-0.15, -0.1) is 0 Å². The van der Waals surface area contributed by atoms with Crippen LogP contribution in [0.3, 0.4) is 0 Å². The maximum Gasteiger partial charge on any atom is 0.161 e. The standard InChI is InChI=1S/C7H16N2S2/c1-4-5-7(2,3)11-10-6(8)9/h4-5H2,1-3H3,(H3,8,9). The summed E-state index contributed by atoms with van der Waals surface area (Å²) < 4.78 is 0.241. The van der Waals surface area contributed by atoms with Gasteiger partial charge in [0, 0.05) is 4.75 Å². The molecular formula is C7H16N2S2. The number of nitrogens with two attached hydrogens (primary N) is 1. The van der Waals surface area contributed by atoms with E-state index in [2.05, 4.69) is 20.8 Å². The van der Waals surface area contributed by atoms with Crippen LogP contribution in [0.1, 0.15) is 33.6 Å². The zero-order chi connectivity index (χ0) is 8.91. The lowest BCUT2D eigenvalue weighted by Gasteiger charge is -2.21. The van der Waals surface area contributed by atoms with Gasteiger partial charge in [-0.1, -0.05) is 24.1 Å². The van der Waals surface area contributed by atoms with E-state index >= 15 is 0 Å². The Kier molecular flexibility index (Phi) is 5.01. The Hall–Kier alpha value is 0.170. The lowest BCUT2D eigenvalue weighted by molar-refractivity contribution is 0.631. The third-order valence-electron chi connectivity index (χ3n) is 1.21. The molecule has 0 unspecified atom stereocenters. The highest BCUT2D eigenvalue weighted by Crippen LogP contribution is 2.38. The Balaban J connectivity index is 3.63. The van der Waals surface area contributed by atoms with Crippen molar-refractivity contribution in [3.05, 3.63) is 0 Å². The summed E-state index contributed by atoms with van der Waals surface area (Å²) in [6.07, 6.45) is 2.34. The van der Waals surface area contributed by atoms with Crippen LogP contribution < -0.4 is 5.73 Å². The fraction of sp³-hybridized carbons (Fsp3) is 0.857. The smallest absolute Gasteiger partial charge is 0.161 e. The summed E-state index contributed by atoms with van der Waals surface area (Å²) in [4.78, 5) is 0. The molecule has 3 N–H and O–H groups in total. The second kappa shape index (κ2) is 4.93. The first-order valence-electron chi connectivity index (χ1n) is 3.67. The number of amidine groups is 1. The second-order valence-corrected chi connectivity index (χ2v) is 5.92. The fourth-order valence-corrected chi connectivity index (χ4v) is 2.60. The molecule has 0 aliphatic carbocycles. The summed E-state index contributed by atoms with van der Waals surface area (Å²) in [7, 11) is 3.03. The third kappa shape index (κ3) is 6.56. The van der Waals surface area contributed by atoms with Crippen LogP contribution in [0.4, 0.5) is 0 Å². The molecule has 0 spiro atoms. The van der Waals surface area contributed by atoms with Gasteiger partial charge in [0.15, 0.2) is 5.17 Å². The predicted octanol–water partition coefficient (Wildman–Crippen LogP) is 2.84. The average molecular weight is 192 g/mol. The van der Waals surface area contributed by atoms with Crippen molar-refractivity contribution >= 4 is 26.8 Å². The zero-order valence-electron chi connectivity index (χ0n) is 7.31. The lowest BCUT2D eigenvalue weighted by atomic mass is 10.1. The van der Waals surface area contributed by atoms with E-state index in [-0.39, 0.29) is 9.91 Å². The third-order valence-corrected chi connectivity index (χ3v) is 4.27. The Bertz CT molecular complexity index is 134. The molecule has 0 radical (unpaired) electrons. The van der Waals surface area contributed by atoms with Crippen LogP contribution in [0, 0.1) is 5.41 Å². The SMILES string of the molecule is CCCC(C)(C)SSC(=N)N. The van der Waals surface area contributed by atoms with Crippen LogP contribution in [0.25, 0.3) is 0 Å². The van der Waals surface area contributed by atoms with Crippen molar-refractivity contribution < 1.29 is 0 Å². The quantitative estimate of drug-likeness (QED) is 0.409. The number of hydrogen-bond donors (Lipinski definition) is 2. The van der Waals surface area contributed by atoms with E-state index in [4.69, 9.17) is 11.1 Å². The van der Waals surface area contributed by atoms with Crippen molar-refractivity contribution in [3.8, 4) is 0 Å². The van der Waals surface area contributed by atoms with Gasteiger partial charge in [0.2, 0.25) is 0 Å². The van der Waals surface area contributed by atoms with Crippen LogP contribution in [0.2, 0.25) is 0 Å². The van der Waals surface area contributed by atoms with E-state index < -0.39 is 0 Å². The van der Waals surface area contributed by atoms with Gasteiger partial charge < -0.3 is 5.73 Å². The normalized spacial score (nSPS) is 11.5. The highest BCUT2D eigenvalue weighted by Gasteiger charge is 2.17. The van der Waals surface area contributed by atoms with E-state index in [0.29, 0.717) is 0 Å². The maximum absolute atomic E-state index is 7.03. The van der Waals surface area contributed by atoms with Gasteiger partial charge in [0.05, 0.1) is 0 Å². The van der Waals surface area contributed by atoms with Crippen LogP contribution in [0.15, 0.2) is 0 Å². The minimum absolute atomic E-state index is 0.194. The van der Waals surface area contributed by atoms with Gasteiger partial charge in [0.25, 0.3) is 0 Å². The van der Waals surface area contributed by atoms with Crippen molar-refractivity contribution in [1.29, 1.82) is 5.41 Å². The molecule has 0 fully saturated rings. The maximum atomic E-state index is 7.03. The zero-order valence-corrected chi connectivity index (χ0v) is 8.94.